The Bertz CT molecular complexity index is 557. The molecule has 1 aromatic rings. The van der Waals surface area contributed by atoms with Gasteiger partial charge in [-0.2, -0.15) is 0 Å². The summed E-state index contributed by atoms with van der Waals surface area (Å²) >= 11 is 4.84. The second kappa shape index (κ2) is 6.54. The molecule has 0 heterocycles. The van der Waals surface area contributed by atoms with E-state index in [1.165, 1.54) is 0 Å². The van der Waals surface area contributed by atoms with Crippen LogP contribution in [0.1, 0.15) is 26.3 Å². The normalized spacial score (nSPS) is 12.2. The van der Waals surface area contributed by atoms with E-state index in [1.807, 2.05) is 12.1 Å². The number of hydrogen-bond acceptors (Lipinski definition) is 4. The first-order valence-corrected chi connectivity index (χ1v) is 8.40. The van der Waals surface area contributed by atoms with Crippen molar-refractivity contribution in [2.45, 2.75) is 31.9 Å². The fraction of sp³-hybridized carbons (Fsp3) is 0.500. The maximum atomic E-state index is 11.9. The molecule has 0 unspecified atom stereocenters. The maximum Gasteiger partial charge on any atom is 0.158 e. The first kappa shape index (κ1) is 16.9. The van der Waals surface area contributed by atoms with E-state index in [-0.39, 0.29) is 12.4 Å². The van der Waals surface area contributed by atoms with Crippen LogP contribution in [0.2, 0.25) is 0 Å². The van der Waals surface area contributed by atoms with E-state index < -0.39 is 14.6 Å². The second-order valence-electron chi connectivity index (χ2n) is 5.57. The zero-order valence-electron chi connectivity index (χ0n) is 12.0. The number of benzene rings is 1. The summed E-state index contributed by atoms with van der Waals surface area (Å²) in [5, 5.41) is 0. The molecule has 0 aliphatic heterocycles. The van der Waals surface area contributed by atoms with Crippen LogP contribution in [0.3, 0.4) is 0 Å². The van der Waals surface area contributed by atoms with Crippen LogP contribution in [0, 0.1) is 0 Å². The predicted octanol–water partition coefficient (Wildman–Crippen LogP) is 2.11. The van der Waals surface area contributed by atoms with Crippen molar-refractivity contribution in [3.05, 3.63) is 29.8 Å². The number of nitrogens with two attached hydrogens (primary N) is 1. The van der Waals surface area contributed by atoms with E-state index in [0.29, 0.717) is 17.2 Å². The molecule has 0 fully saturated rings. The third-order valence-electron chi connectivity index (χ3n) is 2.86. The summed E-state index contributed by atoms with van der Waals surface area (Å²) < 4.78 is 28.5. The van der Waals surface area contributed by atoms with Crippen LogP contribution in [0.4, 0.5) is 0 Å². The molecule has 0 aliphatic rings. The number of ether oxygens (including phenoxy) is 1. The van der Waals surface area contributed by atoms with Crippen molar-refractivity contribution in [1.82, 2.24) is 0 Å². The molecular weight excluding hydrogens is 294 g/mol. The van der Waals surface area contributed by atoms with Crippen LogP contribution in [-0.2, 0) is 16.3 Å². The van der Waals surface area contributed by atoms with E-state index in [9.17, 15) is 8.42 Å². The molecule has 0 aliphatic carbocycles. The van der Waals surface area contributed by atoms with Crippen molar-refractivity contribution < 1.29 is 13.2 Å². The molecule has 4 nitrogen and oxygen atoms in total. The SMILES string of the molecule is CC(C)(C)S(=O)(=O)CCOc1ccc(CC(N)=S)cc1. The molecule has 0 saturated carbocycles. The van der Waals surface area contributed by atoms with Crippen LogP contribution in [0.25, 0.3) is 0 Å². The zero-order valence-corrected chi connectivity index (χ0v) is 13.7. The Labute approximate surface area is 126 Å². The molecular formula is C14H21NO3S2. The molecule has 0 atom stereocenters. The lowest BCUT2D eigenvalue weighted by Crippen LogP contribution is -2.32. The highest BCUT2D eigenvalue weighted by atomic mass is 32.2. The van der Waals surface area contributed by atoms with E-state index in [1.54, 1.807) is 32.9 Å². The standard InChI is InChI=1S/C14H21NO3S2/c1-14(2,3)20(16,17)9-8-18-12-6-4-11(5-7-12)10-13(15)19/h4-7H,8-10H2,1-3H3,(H2,15,19). The highest BCUT2D eigenvalue weighted by Crippen LogP contribution is 2.17. The topological polar surface area (TPSA) is 69.4 Å². The van der Waals surface area contributed by atoms with Crippen LogP contribution in [-0.4, -0.2) is 30.5 Å². The minimum Gasteiger partial charge on any atom is -0.493 e. The summed E-state index contributed by atoms with van der Waals surface area (Å²) in [5.41, 5.74) is 6.47. The molecule has 112 valence electrons. The molecule has 6 heteroatoms. The molecule has 0 bridgehead atoms. The van der Waals surface area contributed by atoms with Crippen LogP contribution >= 0.6 is 12.2 Å². The summed E-state index contributed by atoms with van der Waals surface area (Å²) in [6, 6.07) is 7.31. The lowest BCUT2D eigenvalue weighted by atomic mass is 10.1. The largest absolute Gasteiger partial charge is 0.493 e. The number of hydrogen-bond donors (Lipinski definition) is 1. The molecule has 1 rings (SSSR count). The average molecular weight is 315 g/mol. The van der Waals surface area contributed by atoms with Gasteiger partial charge in [-0.15, -0.1) is 0 Å². The molecule has 0 radical (unpaired) electrons. The number of rotatable bonds is 6. The van der Waals surface area contributed by atoms with Gasteiger partial charge in [0.1, 0.15) is 12.4 Å². The monoisotopic (exact) mass is 315 g/mol. The van der Waals surface area contributed by atoms with E-state index in [4.69, 9.17) is 22.7 Å². The zero-order chi connectivity index (χ0) is 15.4. The van der Waals surface area contributed by atoms with Crippen molar-refractivity contribution in [3.8, 4) is 5.75 Å². The minimum absolute atomic E-state index is 0.00510. The van der Waals surface area contributed by atoms with Crippen molar-refractivity contribution in [2.75, 3.05) is 12.4 Å². The highest BCUT2D eigenvalue weighted by Gasteiger charge is 2.28. The van der Waals surface area contributed by atoms with Crippen molar-refractivity contribution in [2.24, 2.45) is 5.73 Å². The Kier molecular flexibility index (Phi) is 5.53. The maximum absolute atomic E-state index is 11.9. The third-order valence-corrected chi connectivity index (χ3v) is 5.57. The van der Waals surface area contributed by atoms with Crippen LogP contribution < -0.4 is 10.5 Å². The quantitative estimate of drug-likeness (QED) is 0.814. The third kappa shape index (κ3) is 5.09. The first-order chi connectivity index (χ1) is 9.12. The average Bonchev–Trinajstić information content (AvgIpc) is 2.29. The summed E-state index contributed by atoms with van der Waals surface area (Å²) in [6.45, 7) is 5.21. The summed E-state index contributed by atoms with van der Waals surface area (Å²) in [4.78, 5) is 0.440. The second-order valence-corrected chi connectivity index (χ2v) is 8.95. The Balaban J connectivity index is 2.53. The van der Waals surface area contributed by atoms with Gasteiger partial charge in [0.15, 0.2) is 9.84 Å². The fourth-order valence-electron chi connectivity index (χ4n) is 1.48. The Morgan fingerprint density at radius 2 is 1.80 bits per heavy atom. The molecule has 20 heavy (non-hydrogen) atoms. The van der Waals surface area contributed by atoms with E-state index in [0.717, 1.165) is 5.56 Å². The van der Waals surface area contributed by atoms with Crippen molar-refractivity contribution >= 4 is 27.0 Å². The minimum atomic E-state index is -3.15. The van der Waals surface area contributed by atoms with Gasteiger partial charge >= 0.3 is 0 Å². The van der Waals surface area contributed by atoms with Gasteiger partial charge in [-0.25, -0.2) is 8.42 Å². The molecule has 0 aromatic heterocycles. The molecule has 0 spiro atoms. The summed E-state index contributed by atoms with van der Waals surface area (Å²) in [7, 11) is -3.15. The Morgan fingerprint density at radius 3 is 2.25 bits per heavy atom. The van der Waals surface area contributed by atoms with Crippen molar-refractivity contribution in [3.63, 3.8) is 0 Å². The van der Waals surface area contributed by atoms with Gasteiger partial charge in [0, 0.05) is 6.42 Å². The first-order valence-electron chi connectivity index (χ1n) is 6.34. The van der Waals surface area contributed by atoms with E-state index >= 15 is 0 Å². The van der Waals surface area contributed by atoms with Gasteiger partial charge in [0.25, 0.3) is 0 Å². The van der Waals surface area contributed by atoms with Gasteiger partial charge in [0.05, 0.1) is 15.5 Å². The predicted molar refractivity (Wildman–Crippen MR) is 86.0 cm³/mol. The van der Waals surface area contributed by atoms with Crippen molar-refractivity contribution in [1.29, 1.82) is 0 Å². The summed E-state index contributed by atoms with van der Waals surface area (Å²) in [6.07, 6.45) is 0.550. The van der Waals surface area contributed by atoms with Gasteiger partial charge in [-0.3, -0.25) is 0 Å². The lowest BCUT2D eigenvalue weighted by molar-refractivity contribution is 0.339. The van der Waals surface area contributed by atoms with E-state index in [2.05, 4.69) is 0 Å². The van der Waals surface area contributed by atoms with Crippen LogP contribution in [0.5, 0.6) is 5.75 Å². The highest BCUT2D eigenvalue weighted by molar-refractivity contribution is 7.92. The lowest BCUT2D eigenvalue weighted by Gasteiger charge is -2.19. The molecule has 0 saturated heterocycles. The molecule has 1 aromatic carbocycles. The van der Waals surface area contributed by atoms with Gasteiger partial charge in [-0.1, -0.05) is 24.4 Å². The fourth-order valence-corrected chi connectivity index (χ4v) is 2.56. The van der Waals surface area contributed by atoms with Gasteiger partial charge in [-0.05, 0) is 38.5 Å². The number of thiocarbonyl (C=S) groups is 1. The smallest absolute Gasteiger partial charge is 0.158 e. The van der Waals surface area contributed by atoms with Gasteiger partial charge in [0.2, 0.25) is 0 Å². The van der Waals surface area contributed by atoms with Crippen LogP contribution in [0.15, 0.2) is 24.3 Å². The molecule has 2 N–H and O–H groups in total. The Hall–Kier alpha value is -1.14. The molecule has 0 amide bonds. The Morgan fingerprint density at radius 1 is 1.25 bits per heavy atom. The summed E-state index contributed by atoms with van der Waals surface area (Å²) in [5.74, 6) is 0.645. The van der Waals surface area contributed by atoms with Gasteiger partial charge < -0.3 is 10.5 Å². The number of sulfone groups is 1.